The summed E-state index contributed by atoms with van der Waals surface area (Å²) in [6, 6.07) is 8.36. The number of nitrogens with one attached hydrogen (secondary N) is 1. The first-order chi connectivity index (χ1) is 11.5. The molecule has 2 atom stereocenters. The van der Waals surface area contributed by atoms with Gasteiger partial charge in [-0.25, -0.2) is 4.79 Å². The fourth-order valence-corrected chi connectivity index (χ4v) is 3.72. The van der Waals surface area contributed by atoms with Crippen LogP contribution in [-0.4, -0.2) is 54.5 Å². The van der Waals surface area contributed by atoms with Crippen LogP contribution < -0.4 is 5.32 Å². The van der Waals surface area contributed by atoms with E-state index in [2.05, 4.69) is 36.5 Å². The first-order valence-corrected chi connectivity index (χ1v) is 8.88. The molecule has 5 heteroatoms. The van der Waals surface area contributed by atoms with Gasteiger partial charge in [-0.2, -0.15) is 0 Å². The molecule has 1 aromatic carbocycles. The van der Waals surface area contributed by atoms with Gasteiger partial charge in [-0.05, 0) is 44.2 Å². The van der Waals surface area contributed by atoms with E-state index in [-0.39, 0.29) is 17.5 Å². The number of nitrogens with zero attached hydrogens (tertiary/aromatic N) is 1. The lowest BCUT2D eigenvalue weighted by Gasteiger charge is -2.36. The second-order valence-corrected chi connectivity index (χ2v) is 7.26. The Balaban J connectivity index is 1.61. The summed E-state index contributed by atoms with van der Waals surface area (Å²) in [6.45, 7) is 6.21. The predicted molar refractivity (Wildman–Crippen MR) is 93.1 cm³/mol. The molecule has 1 aromatic rings. The van der Waals surface area contributed by atoms with Crippen LogP contribution in [-0.2, 0) is 10.2 Å². The molecule has 1 saturated heterocycles. The molecule has 3 rings (SSSR count). The molecular weight excluding hydrogens is 304 g/mol. The quantitative estimate of drug-likeness (QED) is 0.869. The zero-order chi connectivity index (χ0) is 17.2. The number of carbonyl (C=O) groups is 1. The van der Waals surface area contributed by atoms with Gasteiger partial charge in [-0.1, -0.05) is 24.3 Å². The minimum absolute atomic E-state index is 0.0381. The average Bonchev–Trinajstić information content (AvgIpc) is 3.34. The van der Waals surface area contributed by atoms with Crippen molar-refractivity contribution >= 4 is 6.03 Å². The number of morpholine rings is 1. The van der Waals surface area contributed by atoms with Crippen molar-refractivity contribution in [3.05, 3.63) is 35.4 Å². The minimum atomic E-state index is -0.436. The highest BCUT2D eigenvalue weighted by Gasteiger charge is 2.45. The van der Waals surface area contributed by atoms with Gasteiger partial charge < -0.3 is 20.1 Å². The van der Waals surface area contributed by atoms with Crippen LogP contribution in [0.3, 0.4) is 0 Å². The zero-order valence-electron chi connectivity index (χ0n) is 14.6. The molecule has 1 saturated carbocycles. The summed E-state index contributed by atoms with van der Waals surface area (Å²) in [6.07, 6.45) is 2.36. The average molecular weight is 332 g/mol. The standard InChI is InChI=1S/C19H28N2O3/c1-14-5-3-4-6-17(14)19(7-8-19)13-20-18(23)21-9-10-24-12-16(21)11-15(2)22/h3-6,15-16,22H,7-13H2,1-2H3,(H,20,23). The van der Waals surface area contributed by atoms with E-state index in [4.69, 9.17) is 4.74 Å². The second kappa shape index (κ2) is 7.11. The third-order valence-corrected chi connectivity index (χ3v) is 5.25. The summed E-state index contributed by atoms with van der Waals surface area (Å²) in [5.41, 5.74) is 2.75. The number of aliphatic hydroxyl groups is 1. The Morgan fingerprint density at radius 2 is 2.21 bits per heavy atom. The number of hydrogen-bond donors (Lipinski definition) is 2. The highest BCUT2D eigenvalue weighted by Crippen LogP contribution is 2.48. The molecular formula is C19H28N2O3. The molecule has 2 N–H and O–H groups in total. The van der Waals surface area contributed by atoms with Crippen molar-refractivity contribution in [2.75, 3.05) is 26.3 Å². The molecule has 1 aliphatic heterocycles. The molecule has 132 valence electrons. The number of benzene rings is 1. The summed E-state index contributed by atoms with van der Waals surface area (Å²) < 4.78 is 5.47. The van der Waals surface area contributed by atoms with Crippen LogP contribution in [0.1, 0.15) is 37.3 Å². The Kier molecular flexibility index (Phi) is 5.11. The van der Waals surface area contributed by atoms with Gasteiger partial charge in [0.2, 0.25) is 0 Å². The summed E-state index contributed by atoms with van der Waals surface area (Å²) >= 11 is 0. The van der Waals surface area contributed by atoms with Gasteiger partial charge in [-0.15, -0.1) is 0 Å². The van der Waals surface area contributed by atoms with Gasteiger partial charge in [0, 0.05) is 18.5 Å². The monoisotopic (exact) mass is 332 g/mol. The molecule has 0 spiro atoms. The third kappa shape index (κ3) is 3.73. The molecule has 2 amide bonds. The minimum Gasteiger partial charge on any atom is -0.393 e. The number of aliphatic hydroxyl groups excluding tert-OH is 1. The fourth-order valence-electron chi connectivity index (χ4n) is 3.72. The van der Waals surface area contributed by atoms with Crippen LogP contribution in [0.15, 0.2) is 24.3 Å². The number of carbonyl (C=O) groups excluding carboxylic acids is 1. The van der Waals surface area contributed by atoms with Crippen molar-refractivity contribution in [3.8, 4) is 0 Å². The fraction of sp³-hybridized carbons (Fsp3) is 0.632. The van der Waals surface area contributed by atoms with Gasteiger partial charge in [0.1, 0.15) is 0 Å². The van der Waals surface area contributed by atoms with Crippen molar-refractivity contribution in [2.24, 2.45) is 0 Å². The molecule has 1 heterocycles. The lowest BCUT2D eigenvalue weighted by molar-refractivity contribution is -0.00438. The van der Waals surface area contributed by atoms with Crippen molar-refractivity contribution in [1.29, 1.82) is 0 Å². The van der Waals surface area contributed by atoms with E-state index in [0.717, 1.165) is 12.8 Å². The smallest absolute Gasteiger partial charge is 0.317 e. The van der Waals surface area contributed by atoms with E-state index in [0.29, 0.717) is 32.7 Å². The van der Waals surface area contributed by atoms with Gasteiger partial charge in [0.25, 0.3) is 0 Å². The lowest BCUT2D eigenvalue weighted by Crippen LogP contribution is -2.54. The molecule has 2 unspecified atom stereocenters. The van der Waals surface area contributed by atoms with E-state index >= 15 is 0 Å². The van der Waals surface area contributed by atoms with Crippen molar-refractivity contribution < 1.29 is 14.6 Å². The maximum atomic E-state index is 12.7. The molecule has 0 bridgehead atoms. The topological polar surface area (TPSA) is 61.8 Å². The predicted octanol–water partition coefficient (Wildman–Crippen LogP) is 2.21. The largest absolute Gasteiger partial charge is 0.393 e. The van der Waals surface area contributed by atoms with Crippen LogP contribution >= 0.6 is 0 Å². The number of urea groups is 1. The Morgan fingerprint density at radius 3 is 2.88 bits per heavy atom. The van der Waals surface area contributed by atoms with E-state index in [1.54, 1.807) is 6.92 Å². The first-order valence-electron chi connectivity index (χ1n) is 8.88. The number of ether oxygens (including phenoxy) is 1. The third-order valence-electron chi connectivity index (χ3n) is 5.25. The number of aryl methyl sites for hydroxylation is 1. The number of amides is 2. The Morgan fingerprint density at radius 1 is 1.46 bits per heavy atom. The molecule has 24 heavy (non-hydrogen) atoms. The Bertz CT molecular complexity index is 584. The maximum absolute atomic E-state index is 12.7. The molecule has 0 radical (unpaired) electrons. The van der Waals surface area contributed by atoms with Crippen molar-refractivity contribution in [3.63, 3.8) is 0 Å². The normalized spacial score (nSPS) is 23.6. The molecule has 1 aliphatic carbocycles. The van der Waals surface area contributed by atoms with Crippen LogP contribution in [0.25, 0.3) is 0 Å². The maximum Gasteiger partial charge on any atom is 0.317 e. The SMILES string of the molecule is Cc1ccccc1C1(CNC(=O)N2CCOCC2CC(C)O)CC1. The molecule has 5 nitrogen and oxygen atoms in total. The van der Waals surface area contributed by atoms with E-state index in [1.165, 1.54) is 11.1 Å². The molecule has 2 aliphatic rings. The van der Waals surface area contributed by atoms with Gasteiger partial charge in [-0.3, -0.25) is 0 Å². The Hall–Kier alpha value is -1.59. The van der Waals surface area contributed by atoms with Crippen LogP contribution in [0.5, 0.6) is 0 Å². The molecule has 2 fully saturated rings. The van der Waals surface area contributed by atoms with Gasteiger partial charge in [0.15, 0.2) is 0 Å². The number of rotatable bonds is 5. The highest BCUT2D eigenvalue weighted by atomic mass is 16.5. The number of hydrogen-bond acceptors (Lipinski definition) is 3. The van der Waals surface area contributed by atoms with E-state index in [1.807, 2.05) is 4.90 Å². The second-order valence-electron chi connectivity index (χ2n) is 7.26. The van der Waals surface area contributed by atoms with Crippen molar-refractivity contribution in [1.82, 2.24) is 10.2 Å². The van der Waals surface area contributed by atoms with Crippen LogP contribution in [0, 0.1) is 6.92 Å². The van der Waals surface area contributed by atoms with Gasteiger partial charge >= 0.3 is 6.03 Å². The van der Waals surface area contributed by atoms with Crippen LogP contribution in [0.4, 0.5) is 4.79 Å². The highest BCUT2D eigenvalue weighted by molar-refractivity contribution is 5.75. The van der Waals surface area contributed by atoms with Crippen LogP contribution in [0.2, 0.25) is 0 Å². The first kappa shape index (κ1) is 17.2. The van der Waals surface area contributed by atoms with E-state index < -0.39 is 6.10 Å². The summed E-state index contributed by atoms with van der Waals surface area (Å²) in [4.78, 5) is 14.5. The zero-order valence-corrected chi connectivity index (χ0v) is 14.6. The summed E-state index contributed by atoms with van der Waals surface area (Å²) in [5, 5.41) is 12.8. The summed E-state index contributed by atoms with van der Waals surface area (Å²) in [5.74, 6) is 0. The summed E-state index contributed by atoms with van der Waals surface area (Å²) in [7, 11) is 0. The molecule has 0 aromatic heterocycles. The lowest BCUT2D eigenvalue weighted by atomic mass is 9.92. The van der Waals surface area contributed by atoms with Gasteiger partial charge in [0.05, 0.1) is 25.4 Å². The van der Waals surface area contributed by atoms with Crippen molar-refractivity contribution in [2.45, 2.75) is 50.7 Å². The van der Waals surface area contributed by atoms with E-state index in [9.17, 15) is 9.90 Å². The Labute approximate surface area is 144 Å².